The van der Waals surface area contributed by atoms with Crippen molar-refractivity contribution in [2.45, 2.75) is 36.6 Å². The van der Waals surface area contributed by atoms with E-state index in [9.17, 15) is 50.1 Å². The number of urea groups is 1. The third-order valence-electron chi connectivity index (χ3n) is 5.92. The summed E-state index contributed by atoms with van der Waals surface area (Å²) in [7, 11) is -4.52. The Balaban J connectivity index is 1.97. The third kappa shape index (κ3) is 7.01. The molecule has 1 aromatic rings. The summed E-state index contributed by atoms with van der Waals surface area (Å²) in [5, 5.41) is 21.6. The van der Waals surface area contributed by atoms with E-state index in [-0.39, 0.29) is 28.1 Å². The molecule has 2 atom stereocenters. The van der Waals surface area contributed by atoms with Crippen molar-refractivity contribution in [3.8, 4) is 12.1 Å². The minimum atomic E-state index is -4.62. The van der Waals surface area contributed by atoms with Crippen LogP contribution in [0.1, 0.15) is 30.5 Å². The number of ether oxygens (including phenoxy) is 1. The minimum Gasteiger partial charge on any atom is -0.371 e. The predicted molar refractivity (Wildman–Crippen MR) is 126 cm³/mol. The lowest BCUT2D eigenvalue weighted by Gasteiger charge is -2.37. The molecule has 1 heterocycles. The summed E-state index contributed by atoms with van der Waals surface area (Å²) in [6.07, 6.45) is -6.39. The van der Waals surface area contributed by atoms with Crippen LogP contribution in [0.4, 0.5) is 31.1 Å². The number of hydrogen-bond acceptors (Lipinski definition) is 6. The molecule has 2 amide bonds. The van der Waals surface area contributed by atoms with Gasteiger partial charge in [-0.2, -0.15) is 36.9 Å². The number of nitriles is 2. The summed E-state index contributed by atoms with van der Waals surface area (Å²) < 4.78 is 109. The van der Waals surface area contributed by atoms with Gasteiger partial charge in [0.25, 0.3) is 0 Å². The maximum Gasteiger partial charge on any atom is 0.411 e. The molecule has 2 unspecified atom stereocenters. The smallest absolute Gasteiger partial charge is 0.371 e. The highest BCUT2D eigenvalue weighted by atomic mass is 32.2. The topological polar surface area (TPSA) is 135 Å². The van der Waals surface area contributed by atoms with Crippen LogP contribution in [0.3, 0.4) is 0 Å². The highest BCUT2D eigenvalue weighted by molar-refractivity contribution is 7.89. The Morgan fingerprint density at radius 1 is 1.18 bits per heavy atom. The van der Waals surface area contributed by atoms with E-state index in [2.05, 4.69) is 14.8 Å². The Bertz CT molecular complexity index is 1450. The lowest BCUT2D eigenvalue weighted by molar-refractivity contribution is -0.173. The lowest BCUT2D eigenvalue weighted by Crippen LogP contribution is -2.47. The molecule has 1 aliphatic carbocycles. The Labute approximate surface area is 225 Å². The second kappa shape index (κ2) is 11.7. The molecule has 0 spiro atoms. The molecule has 0 radical (unpaired) electrons. The van der Waals surface area contributed by atoms with E-state index in [1.165, 1.54) is 25.1 Å². The molecule has 214 valence electrons. The summed E-state index contributed by atoms with van der Waals surface area (Å²) in [5.41, 5.74) is -0.539. The molecule has 0 bridgehead atoms. The predicted octanol–water partition coefficient (Wildman–Crippen LogP) is 4.30. The molecule has 16 heteroatoms. The largest absolute Gasteiger partial charge is 0.411 e. The van der Waals surface area contributed by atoms with Crippen molar-refractivity contribution in [3.05, 3.63) is 64.5 Å². The van der Waals surface area contributed by atoms with Crippen LogP contribution in [-0.2, 0) is 14.8 Å². The second-order valence-corrected chi connectivity index (χ2v) is 10.4. The normalized spacial score (nSPS) is 20.1. The molecule has 0 saturated heterocycles. The Hall–Kier alpha value is -3.86. The van der Waals surface area contributed by atoms with Crippen LogP contribution in [0.2, 0.25) is 0 Å². The summed E-state index contributed by atoms with van der Waals surface area (Å²) in [5.74, 6) is -1.86. The van der Waals surface area contributed by atoms with Gasteiger partial charge in [-0.1, -0.05) is 18.2 Å². The molecule has 0 aromatic heterocycles. The molecule has 2 N–H and O–H groups in total. The van der Waals surface area contributed by atoms with Crippen LogP contribution < -0.4 is 10.0 Å². The number of carbonyl (C=O) groups excluding carboxylic acids is 1. The first-order valence-corrected chi connectivity index (χ1v) is 12.9. The molecular formula is C24H21F6N5O4S. The number of halogens is 6. The zero-order valence-corrected chi connectivity index (χ0v) is 21.4. The molecule has 9 nitrogen and oxygen atoms in total. The summed E-state index contributed by atoms with van der Waals surface area (Å²) >= 11 is 0. The average molecular weight is 590 g/mol. The molecule has 1 aliphatic heterocycles. The van der Waals surface area contributed by atoms with Gasteiger partial charge in [-0.25, -0.2) is 17.9 Å². The van der Waals surface area contributed by atoms with Crippen LogP contribution in [0.5, 0.6) is 0 Å². The quantitative estimate of drug-likeness (QED) is 0.343. The monoisotopic (exact) mass is 589 g/mol. The van der Waals surface area contributed by atoms with Crippen LogP contribution >= 0.6 is 0 Å². The van der Waals surface area contributed by atoms with Crippen molar-refractivity contribution < 1.29 is 44.3 Å². The summed E-state index contributed by atoms with van der Waals surface area (Å²) in [6, 6.07) is 4.67. The minimum absolute atomic E-state index is 0.0417. The number of amides is 2. The molecule has 1 aromatic carbocycles. The third-order valence-corrected chi connectivity index (χ3v) is 7.44. The summed E-state index contributed by atoms with van der Waals surface area (Å²) in [4.78, 5) is 13.5. The number of allylic oxidation sites excluding steroid dienone is 5. The first-order chi connectivity index (χ1) is 18.6. The average Bonchev–Trinajstić information content (AvgIpc) is 2.87. The van der Waals surface area contributed by atoms with Crippen molar-refractivity contribution in [1.29, 1.82) is 10.5 Å². The number of nitrogens with zero attached hydrogens (tertiary/aromatic N) is 3. The fraction of sp³-hybridized carbons (Fsp3) is 0.375. The first-order valence-electron chi connectivity index (χ1n) is 11.4. The highest BCUT2D eigenvalue weighted by Crippen LogP contribution is 2.40. The van der Waals surface area contributed by atoms with Gasteiger partial charge in [0.15, 0.2) is 0 Å². The van der Waals surface area contributed by atoms with Gasteiger partial charge in [-0.3, -0.25) is 4.90 Å². The Kier molecular flexibility index (Phi) is 8.98. The molecule has 0 saturated carbocycles. The van der Waals surface area contributed by atoms with Crippen molar-refractivity contribution in [1.82, 2.24) is 14.9 Å². The van der Waals surface area contributed by atoms with E-state index in [0.29, 0.717) is 0 Å². The van der Waals surface area contributed by atoms with E-state index < -0.39 is 71.4 Å². The maximum absolute atomic E-state index is 13.3. The fourth-order valence-electron chi connectivity index (χ4n) is 4.11. The van der Waals surface area contributed by atoms with Gasteiger partial charge in [0, 0.05) is 24.4 Å². The zero-order valence-electron chi connectivity index (χ0n) is 20.6. The van der Waals surface area contributed by atoms with Gasteiger partial charge in [0.05, 0.1) is 46.7 Å². The van der Waals surface area contributed by atoms with Crippen molar-refractivity contribution in [3.63, 3.8) is 0 Å². The van der Waals surface area contributed by atoms with E-state index >= 15 is 0 Å². The molecular weight excluding hydrogens is 568 g/mol. The summed E-state index contributed by atoms with van der Waals surface area (Å²) in [6.45, 7) is -1.48. The number of sulfonamides is 1. The molecule has 40 heavy (non-hydrogen) atoms. The fourth-order valence-corrected chi connectivity index (χ4v) is 5.39. The Morgan fingerprint density at radius 2 is 1.88 bits per heavy atom. The van der Waals surface area contributed by atoms with E-state index in [1.807, 2.05) is 6.07 Å². The van der Waals surface area contributed by atoms with E-state index in [0.717, 1.165) is 23.1 Å². The Morgan fingerprint density at radius 3 is 2.48 bits per heavy atom. The second-order valence-electron chi connectivity index (χ2n) is 8.65. The van der Waals surface area contributed by atoms with Crippen molar-refractivity contribution in [2.24, 2.45) is 5.92 Å². The number of benzene rings is 1. The van der Waals surface area contributed by atoms with Gasteiger partial charge in [-0.15, -0.1) is 0 Å². The molecule has 2 aliphatic rings. The number of hydrogen-bond donors (Lipinski definition) is 2. The van der Waals surface area contributed by atoms with Gasteiger partial charge >= 0.3 is 18.4 Å². The highest BCUT2D eigenvalue weighted by Gasteiger charge is 2.42. The van der Waals surface area contributed by atoms with Gasteiger partial charge < -0.3 is 10.1 Å². The number of alkyl halides is 6. The van der Waals surface area contributed by atoms with Crippen LogP contribution in [0.15, 0.2) is 58.3 Å². The van der Waals surface area contributed by atoms with Gasteiger partial charge in [0.1, 0.15) is 6.61 Å². The van der Waals surface area contributed by atoms with Crippen molar-refractivity contribution >= 4 is 16.1 Å². The standard InChI is InChI=1S/C24H21F6N5O4S/c1-14-19(12-32)21(34-22(36)35(14)17-4-2-3-16(10-17)24(28,29)30)18-6-5-15(11-31)9-20(18)40(37,38)33-7-8-39-13-23(25,26)27/h2-6,9,16,21,33H,7-8,10,13H2,1H3,(H,34,36). The molecule has 0 fully saturated rings. The molecule has 3 rings (SSSR count). The number of rotatable bonds is 8. The van der Waals surface area contributed by atoms with Crippen molar-refractivity contribution in [2.75, 3.05) is 19.8 Å². The lowest BCUT2D eigenvalue weighted by atomic mass is 9.92. The van der Waals surface area contributed by atoms with Crippen LogP contribution in [0.25, 0.3) is 0 Å². The number of carbonyl (C=O) groups is 1. The van der Waals surface area contributed by atoms with Crippen LogP contribution in [0, 0.1) is 28.6 Å². The SMILES string of the molecule is CC1=C(C#N)C(c2ccc(C#N)cc2S(=O)(=O)NCCOCC(F)(F)F)NC(=O)N1C1=CC=CC(C(F)(F)F)C1. The van der Waals surface area contributed by atoms with Gasteiger partial charge in [0.2, 0.25) is 10.0 Å². The van der Waals surface area contributed by atoms with E-state index in [4.69, 9.17) is 0 Å². The van der Waals surface area contributed by atoms with Crippen LogP contribution in [-0.4, -0.2) is 51.5 Å². The maximum atomic E-state index is 13.3. The van der Waals surface area contributed by atoms with E-state index in [1.54, 1.807) is 6.07 Å². The zero-order chi connectivity index (χ0) is 29.9. The number of nitrogens with one attached hydrogen (secondary N) is 2. The first kappa shape index (κ1) is 30.7. The van der Waals surface area contributed by atoms with Gasteiger partial charge in [-0.05, 0) is 30.7 Å².